The van der Waals surface area contributed by atoms with Gasteiger partial charge in [0.1, 0.15) is 23.1 Å². The minimum Gasteiger partial charge on any atom is -0.480 e. The zero-order valence-corrected chi connectivity index (χ0v) is 11.5. The number of nitrogens with one attached hydrogen (secondary N) is 1. The molecule has 106 valence electrons. The third kappa shape index (κ3) is 3.82. The summed E-state index contributed by atoms with van der Waals surface area (Å²) in [5, 5.41) is 11.9. The molecular weight excluding hydrogens is 250 g/mol. The number of aryl methyl sites for hydroxylation is 1. The maximum absolute atomic E-state index is 11.4. The molecule has 1 rings (SSSR count). The van der Waals surface area contributed by atoms with E-state index >= 15 is 0 Å². The van der Waals surface area contributed by atoms with Crippen LogP contribution in [0, 0.1) is 12.8 Å². The Bertz CT molecular complexity index is 464. The van der Waals surface area contributed by atoms with E-state index < -0.39 is 18.0 Å². The molecule has 1 unspecified atom stereocenters. The fourth-order valence-electron chi connectivity index (χ4n) is 1.76. The van der Waals surface area contributed by atoms with Gasteiger partial charge in [0.25, 0.3) is 0 Å². The fraction of sp³-hybridized carbons (Fsp3) is 0.538. The summed E-state index contributed by atoms with van der Waals surface area (Å²) in [5.41, 5.74) is 0.357. The molecule has 6 nitrogen and oxygen atoms in total. The Hall–Kier alpha value is -1.82. The van der Waals surface area contributed by atoms with Crippen LogP contribution in [0.3, 0.4) is 0 Å². The van der Waals surface area contributed by atoms with E-state index in [2.05, 4.69) is 10.1 Å². The molecule has 6 heteroatoms. The average Bonchev–Trinajstić information content (AvgIpc) is 2.69. The molecule has 1 heterocycles. The number of ether oxygens (including phenoxy) is 1. The molecule has 0 radical (unpaired) electrons. The summed E-state index contributed by atoms with van der Waals surface area (Å²) in [7, 11) is 1.30. The van der Waals surface area contributed by atoms with Crippen LogP contribution in [-0.2, 0) is 16.1 Å². The maximum Gasteiger partial charge on any atom is 0.341 e. The van der Waals surface area contributed by atoms with Crippen LogP contribution in [0.2, 0.25) is 0 Å². The summed E-state index contributed by atoms with van der Waals surface area (Å²) < 4.78 is 10.0. The molecule has 0 spiro atoms. The van der Waals surface area contributed by atoms with Crippen molar-refractivity contribution in [3.8, 4) is 0 Å². The minimum absolute atomic E-state index is 0.0476. The van der Waals surface area contributed by atoms with Gasteiger partial charge in [0.2, 0.25) is 0 Å². The Labute approximate surface area is 111 Å². The number of hydrogen-bond acceptors (Lipinski definition) is 5. The molecule has 2 N–H and O–H groups in total. The minimum atomic E-state index is -0.911. The second-order valence-electron chi connectivity index (χ2n) is 4.61. The predicted molar refractivity (Wildman–Crippen MR) is 67.9 cm³/mol. The number of rotatable bonds is 6. The Balaban J connectivity index is 2.73. The monoisotopic (exact) mass is 269 g/mol. The summed E-state index contributed by atoms with van der Waals surface area (Å²) in [6.45, 7) is 5.54. The van der Waals surface area contributed by atoms with Crippen LogP contribution in [0.25, 0.3) is 0 Å². The van der Waals surface area contributed by atoms with Crippen molar-refractivity contribution in [2.45, 2.75) is 33.4 Å². The molecule has 1 atom stereocenters. The van der Waals surface area contributed by atoms with Crippen molar-refractivity contribution in [3.05, 3.63) is 23.2 Å². The molecule has 1 aromatic rings. The van der Waals surface area contributed by atoms with Gasteiger partial charge in [0, 0.05) is 0 Å². The highest BCUT2D eigenvalue weighted by Gasteiger charge is 2.22. The second kappa shape index (κ2) is 6.38. The van der Waals surface area contributed by atoms with Crippen molar-refractivity contribution in [1.29, 1.82) is 0 Å². The van der Waals surface area contributed by atoms with Gasteiger partial charge in [-0.1, -0.05) is 13.8 Å². The predicted octanol–water partition coefficient (Wildman–Crippen LogP) is 1.57. The number of methoxy groups -OCH3 is 1. The summed E-state index contributed by atoms with van der Waals surface area (Å²) in [6.07, 6.45) is 0. The third-order valence-corrected chi connectivity index (χ3v) is 2.80. The largest absolute Gasteiger partial charge is 0.480 e. The van der Waals surface area contributed by atoms with Crippen LogP contribution in [0.5, 0.6) is 0 Å². The zero-order valence-electron chi connectivity index (χ0n) is 11.5. The number of esters is 1. The van der Waals surface area contributed by atoms with Crippen LogP contribution >= 0.6 is 0 Å². The van der Waals surface area contributed by atoms with Crippen molar-refractivity contribution in [2.24, 2.45) is 5.92 Å². The Morgan fingerprint density at radius 2 is 2.11 bits per heavy atom. The van der Waals surface area contributed by atoms with Crippen LogP contribution in [0.4, 0.5) is 0 Å². The lowest BCUT2D eigenvalue weighted by Gasteiger charge is -2.16. The van der Waals surface area contributed by atoms with Crippen LogP contribution in [-0.4, -0.2) is 30.2 Å². The molecule has 0 aliphatic rings. The van der Waals surface area contributed by atoms with E-state index in [1.165, 1.54) is 7.11 Å². The number of carbonyl (C=O) groups excluding carboxylic acids is 1. The van der Waals surface area contributed by atoms with Gasteiger partial charge in [0.15, 0.2) is 0 Å². The highest BCUT2D eigenvalue weighted by atomic mass is 16.5. The van der Waals surface area contributed by atoms with Gasteiger partial charge in [-0.15, -0.1) is 0 Å². The van der Waals surface area contributed by atoms with E-state index in [0.29, 0.717) is 17.1 Å². The van der Waals surface area contributed by atoms with Crippen molar-refractivity contribution in [3.63, 3.8) is 0 Å². The molecule has 0 aromatic carbocycles. The normalized spacial score (nSPS) is 12.5. The highest BCUT2D eigenvalue weighted by molar-refractivity contribution is 5.90. The first-order valence-electron chi connectivity index (χ1n) is 6.00. The first-order chi connectivity index (χ1) is 8.86. The number of carboxylic acid groups (broad SMARTS) is 1. The molecule has 0 aliphatic carbocycles. The number of furan rings is 1. The van der Waals surface area contributed by atoms with E-state index in [-0.39, 0.29) is 12.5 Å². The number of carboxylic acids is 1. The number of aliphatic carboxylic acids is 1. The summed E-state index contributed by atoms with van der Waals surface area (Å²) in [5.74, 6) is -0.462. The number of hydrogen-bond donors (Lipinski definition) is 2. The van der Waals surface area contributed by atoms with Gasteiger partial charge in [-0.2, -0.15) is 0 Å². The lowest BCUT2D eigenvalue weighted by atomic mass is 10.0. The van der Waals surface area contributed by atoms with Crippen molar-refractivity contribution >= 4 is 11.9 Å². The van der Waals surface area contributed by atoms with Crippen molar-refractivity contribution < 1.29 is 23.8 Å². The van der Waals surface area contributed by atoms with Gasteiger partial charge in [0.05, 0.1) is 13.7 Å². The van der Waals surface area contributed by atoms with Gasteiger partial charge in [-0.25, -0.2) is 4.79 Å². The first kappa shape index (κ1) is 15.2. The molecule has 1 aromatic heterocycles. The Morgan fingerprint density at radius 3 is 2.58 bits per heavy atom. The van der Waals surface area contributed by atoms with E-state index in [9.17, 15) is 9.59 Å². The SMILES string of the molecule is COC(=O)c1cc(CNC(C(=O)O)C(C)C)oc1C. The second-order valence-corrected chi connectivity index (χ2v) is 4.61. The quantitative estimate of drug-likeness (QED) is 0.762. The van der Waals surface area contributed by atoms with Crippen LogP contribution in [0.15, 0.2) is 10.5 Å². The molecule has 0 saturated heterocycles. The molecule has 0 fully saturated rings. The average molecular weight is 269 g/mol. The lowest BCUT2D eigenvalue weighted by molar-refractivity contribution is -0.140. The molecule has 0 amide bonds. The van der Waals surface area contributed by atoms with Gasteiger partial charge in [-0.05, 0) is 18.9 Å². The molecule has 0 aliphatic heterocycles. The van der Waals surface area contributed by atoms with Gasteiger partial charge >= 0.3 is 11.9 Å². The van der Waals surface area contributed by atoms with E-state index in [1.807, 2.05) is 13.8 Å². The van der Waals surface area contributed by atoms with Crippen LogP contribution < -0.4 is 5.32 Å². The standard InChI is InChI=1S/C13H19NO5/c1-7(2)11(12(15)16)14-6-9-5-10(8(3)19-9)13(17)18-4/h5,7,11,14H,6H2,1-4H3,(H,15,16). The van der Waals surface area contributed by atoms with Crippen LogP contribution in [0.1, 0.15) is 35.7 Å². The number of carbonyl (C=O) groups is 2. The van der Waals surface area contributed by atoms with Crippen molar-refractivity contribution in [1.82, 2.24) is 5.32 Å². The summed E-state index contributed by atoms with van der Waals surface area (Å²) in [6, 6.07) is 0.903. The van der Waals surface area contributed by atoms with Gasteiger partial charge in [-0.3, -0.25) is 10.1 Å². The molecule has 0 saturated carbocycles. The Morgan fingerprint density at radius 1 is 1.47 bits per heavy atom. The summed E-state index contributed by atoms with van der Waals surface area (Å²) >= 11 is 0. The maximum atomic E-state index is 11.4. The topological polar surface area (TPSA) is 88.8 Å². The molecular formula is C13H19NO5. The van der Waals surface area contributed by atoms with Gasteiger partial charge < -0.3 is 14.3 Å². The highest BCUT2D eigenvalue weighted by Crippen LogP contribution is 2.16. The zero-order chi connectivity index (χ0) is 14.6. The van der Waals surface area contributed by atoms with E-state index in [1.54, 1.807) is 13.0 Å². The molecule has 19 heavy (non-hydrogen) atoms. The Kier molecular flexibility index (Phi) is 5.11. The smallest absolute Gasteiger partial charge is 0.341 e. The lowest BCUT2D eigenvalue weighted by Crippen LogP contribution is -2.40. The third-order valence-electron chi connectivity index (χ3n) is 2.80. The first-order valence-corrected chi connectivity index (χ1v) is 6.00. The van der Waals surface area contributed by atoms with E-state index in [0.717, 1.165) is 0 Å². The van der Waals surface area contributed by atoms with E-state index in [4.69, 9.17) is 9.52 Å². The molecule has 0 bridgehead atoms. The summed E-state index contributed by atoms with van der Waals surface area (Å²) in [4.78, 5) is 22.4. The fourth-order valence-corrected chi connectivity index (χ4v) is 1.76. The van der Waals surface area contributed by atoms with Crippen molar-refractivity contribution in [2.75, 3.05) is 7.11 Å².